The Morgan fingerprint density at radius 1 is 1.10 bits per heavy atom. The van der Waals surface area contributed by atoms with E-state index >= 15 is 0 Å². The van der Waals surface area contributed by atoms with E-state index in [9.17, 15) is 4.79 Å². The number of anilines is 1. The molecule has 2 aromatic carbocycles. The average Bonchev–Trinajstić information content (AvgIpc) is 3.24. The Morgan fingerprint density at radius 2 is 1.83 bits per heavy atom. The summed E-state index contributed by atoms with van der Waals surface area (Å²) >= 11 is 0. The Hall–Kier alpha value is -4.14. The van der Waals surface area contributed by atoms with Crippen molar-refractivity contribution in [3.05, 3.63) is 66.4 Å². The Kier molecular flexibility index (Phi) is 5.17. The van der Waals surface area contributed by atoms with Crippen LogP contribution in [-0.4, -0.2) is 54.8 Å². The van der Waals surface area contributed by atoms with Crippen LogP contribution >= 0.6 is 0 Å². The van der Waals surface area contributed by atoms with Crippen molar-refractivity contribution in [3.63, 3.8) is 0 Å². The van der Waals surface area contributed by atoms with Crippen LogP contribution in [0.2, 0.25) is 0 Å². The number of nitrogens with zero attached hydrogens (tertiary/aromatic N) is 7. The van der Waals surface area contributed by atoms with Crippen LogP contribution in [-0.2, 0) is 4.79 Å². The van der Waals surface area contributed by atoms with E-state index in [4.69, 9.17) is 5.11 Å². The fourth-order valence-corrected chi connectivity index (χ4v) is 3.02. The number of hydrogen-bond acceptors (Lipinski definition) is 7. The number of para-hydroxylation sites is 1. The van der Waals surface area contributed by atoms with Gasteiger partial charge in [0.25, 0.3) is 0 Å². The number of benzene rings is 2. The van der Waals surface area contributed by atoms with Crippen molar-refractivity contribution in [2.45, 2.75) is 6.92 Å². The minimum atomic E-state index is -0.963. The van der Waals surface area contributed by atoms with Crippen molar-refractivity contribution in [2.75, 3.05) is 18.5 Å². The van der Waals surface area contributed by atoms with Crippen LogP contribution in [0.1, 0.15) is 5.56 Å². The Morgan fingerprint density at radius 3 is 2.53 bits per heavy atom. The maximum absolute atomic E-state index is 11.1. The minimum Gasteiger partial charge on any atom is -0.480 e. The highest BCUT2D eigenvalue weighted by Gasteiger charge is 2.20. The van der Waals surface area contributed by atoms with Crippen molar-refractivity contribution >= 4 is 11.9 Å². The molecule has 0 aliphatic heterocycles. The third-order valence-corrected chi connectivity index (χ3v) is 4.53. The topological polar surface area (TPSA) is 110 Å². The molecule has 0 saturated heterocycles. The number of carbonyl (C=O) groups is 1. The first-order chi connectivity index (χ1) is 14.5. The molecule has 150 valence electrons. The molecule has 0 aliphatic rings. The molecule has 4 aromatic rings. The highest BCUT2D eigenvalue weighted by atomic mass is 16.4. The number of aliphatic carboxylic acids is 1. The second-order valence-corrected chi connectivity index (χ2v) is 6.80. The number of aromatic nitrogens is 6. The molecule has 0 aliphatic carbocycles. The van der Waals surface area contributed by atoms with Crippen LogP contribution in [0.25, 0.3) is 28.3 Å². The predicted molar refractivity (Wildman–Crippen MR) is 111 cm³/mol. The summed E-state index contributed by atoms with van der Waals surface area (Å²) in [5.41, 5.74) is 4.03. The predicted octanol–water partition coefficient (Wildman–Crippen LogP) is 2.62. The Balaban J connectivity index is 1.87. The summed E-state index contributed by atoms with van der Waals surface area (Å²) in [6, 6.07) is 17.4. The second kappa shape index (κ2) is 8.08. The van der Waals surface area contributed by atoms with E-state index in [0.29, 0.717) is 23.0 Å². The van der Waals surface area contributed by atoms with Crippen molar-refractivity contribution in [1.82, 2.24) is 30.2 Å². The van der Waals surface area contributed by atoms with Crippen LogP contribution in [0.4, 0.5) is 5.95 Å². The second-order valence-electron chi connectivity index (χ2n) is 6.80. The van der Waals surface area contributed by atoms with Gasteiger partial charge in [-0.1, -0.05) is 48.0 Å². The van der Waals surface area contributed by atoms with Gasteiger partial charge >= 0.3 is 5.97 Å². The van der Waals surface area contributed by atoms with Gasteiger partial charge in [-0.2, -0.15) is 4.68 Å². The first-order valence-electron chi connectivity index (χ1n) is 9.24. The van der Waals surface area contributed by atoms with Gasteiger partial charge in [-0.3, -0.25) is 4.79 Å². The quantitative estimate of drug-likeness (QED) is 0.525. The van der Waals surface area contributed by atoms with Gasteiger partial charge in [0, 0.05) is 18.8 Å². The van der Waals surface area contributed by atoms with Gasteiger partial charge in [-0.05, 0) is 29.5 Å². The van der Waals surface area contributed by atoms with Gasteiger partial charge in [-0.15, -0.1) is 5.10 Å². The number of carboxylic acid groups (broad SMARTS) is 1. The van der Waals surface area contributed by atoms with Gasteiger partial charge in [-0.25, -0.2) is 9.97 Å². The maximum atomic E-state index is 11.1. The van der Waals surface area contributed by atoms with Gasteiger partial charge in [0.1, 0.15) is 6.54 Å². The number of aryl methyl sites for hydroxylation is 1. The molecule has 2 heterocycles. The van der Waals surface area contributed by atoms with Gasteiger partial charge < -0.3 is 10.0 Å². The zero-order chi connectivity index (χ0) is 21.1. The summed E-state index contributed by atoms with van der Waals surface area (Å²) in [5.74, 6) is -0.172. The molecule has 0 saturated carbocycles. The van der Waals surface area contributed by atoms with Crippen molar-refractivity contribution in [3.8, 4) is 28.3 Å². The molecule has 0 fully saturated rings. The van der Waals surface area contributed by atoms with E-state index in [1.54, 1.807) is 17.9 Å². The normalized spacial score (nSPS) is 10.7. The molecule has 9 heteroatoms. The molecule has 2 aromatic heterocycles. The first kappa shape index (κ1) is 19.2. The van der Waals surface area contributed by atoms with Crippen LogP contribution in [0.3, 0.4) is 0 Å². The van der Waals surface area contributed by atoms with Gasteiger partial charge in [0.2, 0.25) is 5.95 Å². The molecule has 9 nitrogen and oxygen atoms in total. The molecular formula is C21H19N7O2. The highest BCUT2D eigenvalue weighted by Crippen LogP contribution is 2.31. The first-order valence-corrected chi connectivity index (χ1v) is 9.24. The highest BCUT2D eigenvalue weighted by molar-refractivity contribution is 5.79. The van der Waals surface area contributed by atoms with Crippen LogP contribution < -0.4 is 4.90 Å². The average molecular weight is 401 g/mol. The minimum absolute atomic E-state index is 0.214. The largest absolute Gasteiger partial charge is 0.480 e. The lowest BCUT2D eigenvalue weighted by Crippen LogP contribution is -2.27. The zero-order valence-corrected chi connectivity index (χ0v) is 16.5. The molecule has 0 spiro atoms. The van der Waals surface area contributed by atoms with E-state index in [0.717, 1.165) is 16.8 Å². The summed E-state index contributed by atoms with van der Waals surface area (Å²) in [5, 5.41) is 21.3. The smallest absolute Gasteiger partial charge is 0.323 e. The van der Waals surface area contributed by atoms with E-state index in [-0.39, 0.29) is 6.54 Å². The summed E-state index contributed by atoms with van der Waals surface area (Å²) in [6.07, 6.45) is 1.63. The molecule has 4 rings (SSSR count). The number of hydrogen-bond donors (Lipinski definition) is 1. The van der Waals surface area contributed by atoms with Crippen molar-refractivity contribution in [2.24, 2.45) is 0 Å². The summed E-state index contributed by atoms with van der Waals surface area (Å²) in [6.45, 7) is 1.79. The van der Waals surface area contributed by atoms with E-state index < -0.39 is 5.97 Å². The molecular weight excluding hydrogens is 382 g/mol. The fraction of sp³-hybridized carbons (Fsp3) is 0.143. The van der Waals surface area contributed by atoms with E-state index in [1.807, 2.05) is 61.5 Å². The Bertz CT molecular complexity index is 1170. The maximum Gasteiger partial charge on any atom is 0.323 e. The van der Waals surface area contributed by atoms with Crippen molar-refractivity contribution < 1.29 is 9.90 Å². The standard InChI is InChI=1S/C21H19N7O2/c1-14-8-10-15(11-9-14)19-17(12-22-21(23-19)27(2)13-18(29)30)20-24-25-26-28(20)16-6-4-3-5-7-16/h3-12H,13H2,1-2H3,(H,29,30). The van der Waals surface area contributed by atoms with Crippen molar-refractivity contribution in [1.29, 1.82) is 0 Å². The number of carboxylic acids is 1. The van der Waals surface area contributed by atoms with Crippen LogP contribution in [0.15, 0.2) is 60.8 Å². The van der Waals surface area contributed by atoms with E-state index in [2.05, 4.69) is 25.5 Å². The monoisotopic (exact) mass is 401 g/mol. The molecule has 0 unspecified atom stereocenters. The molecule has 0 bridgehead atoms. The fourth-order valence-electron chi connectivity index (χ4n) is 3.02. The molecule has 30 heavy (non-hydrogen) atoms. The molecule has 0 amide bonds. The third kappa shape index (κ3) is 3.86. The number of rotatable bonds is 6. The zero-order valence-electron chi connectivity index (χ0n) is 16.5. The molecule has 0 atom stereocenters. The van der Waals surface area contributed by atoms with Crippen LogP contribution in [0, 0.1) is 6.92 Å². The van der Waals surface area contributed by atoms with Gasteiger partial charge in [0.05, 0.1) is 16.9 Å². The Labute approximate surface area is 172 Å². The van der Waals surface area contributed by atoms with Crippen LogP contribution in [0.5, 0.6) is 0 Å². The summed E-state index contributed by atoms with van der Waals surface area (Å²) in [7, 11) is 1.63. The molecule has 0 radical (unpaired) electrons. The third-order valence-electron chi connectivity index (χ3n) is 4.53. The molecule has 1 N–H and O–H groups in total. The van der Waals surface area contributed by atoms with E-state index in [1.165, 1.54) is 4.90 Å². The lowest BCUT2D eigenvalue weighted by atomic mass is 10.0. The number of tetrazole rings is 1. The number of likely N-dealkylation sites (N-methyl/N-ethyl adjacent to an activating group) is 1. The summed E-state index contributed by atoms with van der Waals surface area (Å²) in [4.78, 5) is 21.6. The lowest BCUT2D eigenvalue weighted by Gasteiger charge is -2.17. The lowest BCUT2D eigenvalue weighted by molar-refractivity contribution is -0.135. The summed E-state index contributed by atoms with van der Waals surface area (Å²) < 4.78 is 1.62. The SMILES string of the molecule is Cc1ccc(-c2nc(N(C)CC(=O)O)ncc2-c2nnnn2-c2ccccc2)cc1. The van der Waals surface area contributed by atoms with Gasteiger partial charge in [0.15, 0.2) is 5.82 Å².